The average Bonchev–Trinajstić information content (AvgIpc) is 2.66. The summed E-state index contributed by atoms with van der Waals surface area (Å²) in [4.78, 5) is 0. The molecule has 0 saturated heterocycles. The molecule has 1 N–H and O–H groups in total. The van der Waals surface area contributed by atoms with Gasteiger partial charge in [-0.15, -0.1) is 0 Å². The Labute approximate surface area is 91.6 Å². The van der Waals surface area contributed by atoms with Crippen LogP contribution in [0.2, 0.25) is 0 Å². The fourth-order valence-corrected chi connectivity index (χ4v) is 1.11. The first-order valence-corrected chi connectivity index (χ1v) is 4.89. The van der Waals surface area contributed by atoms with E-state index in [1.165, 1.54) is 0 Å². The number of furan rings is 1. The molecule has 0 amide bonds. The van der Waals surface area contributed by atoms with Crippen LogP contribution >= 0.6 is 0 Å². The molecule has 0 radical (unpaired) electrons. The molecule has 1 aromatic heterocycles. The molecule has 6 heteroatoms. The smallest absolute Gasteiger partial charge is 0.411 e. The minimum atomic E-state index is -4.27. The van der Waals surface area contributed by atoms with Crippen molar-refractivity contribution in [2.75, 3.05) is 13.2 Å². The van der Waals surface area contributed by atoms with Gasteiger partial charge >= 0.3 is 6.18 Å². The van der Waals surface area contributed by atoms with Crippen molar-refractivity contribution in [3.05, 3.63) is 24.2 Å². The van der Waals surface area contributed by atoms with Gasteiger partial charge in [-0.05, 0) is 19.1 Å². The Morgan fingerprint density at radius 1 is 1.50 bits per heavy atom. The van der Waals surface area contributed by atoms with Crippen LogP contribution in [-0.2, 0) is 11.3 Å². The summed E-state index contributed by atoms with van der Waals surface area (Å²) in [6.07, 6.45) is -3.22. The maximum atomic E-state index is 11.8. The van der Waals surface area contributed by atoms with Crippen LogP contribution in [-0.4, -0.2) is 25.4 Å². The van der Waals surface area contributed by atoms with Gasteiger partial charge in [-0.3, -0.25) is 0 Å². The van der Waals surface area contributed by atoms with E-state index in [-0.39, 0.29) is 0 Å². The highest BCUT2D eigenvalue weighted by Gasteiger charge is 2.28. The second-order valence-corrected chi connectivity index (χ2v) is 3.45. The first kappa shape index (κ1) is 13.1. The highest BCUT2D eigenvalue weighted by Crippen LogP contribution is 2.15. The first-order valence-electron chi connectivity index (χ1n) is 4.89. The van der Waals surface area contributed by atoms with E-state index in [0.29, 0.717) is 13.1 Å². The molecule has 0 saturated carbocycles. The van der Waals surface area contributed by atoms with Crippen molar-refractivity contribution in [1.82, 2.24) is 5.32 Å². The lowest BCUT2D eigenvalue weighted by molar-refractivity contribution is -0.183. The molecule has 0 fully saturated rings. The number of hydrogen-bond acceptors (Lipinski definition) is 3. The third-order valence-electron chi connectivity index (χ3n) is 1.84. The van der Waals surface area contributed by atoms with Crippen LogP contribution in [0.1, 0.15) is 12.7 Å². The summed E-state index contributed by atoms with van der Waals surface area (Å²) in [6.45, 7) is 1.20. The van der Waals surface area contributed by atoms with E-state index >= 15 is 0 Å². The summed E-state index contributed by atoms with van der Waals surface area (Å²) >= 11 is 0. The largest absolute Gasteiger partial charge is 0.468 e. The lowest BCUT2D eigenvalue weighted by atomic mass is 10.4. The number of nitrogens with one attached hydrogen (secondary N) is 1. The van der Waals surface area contributed by atoms with Crippen molar-refractivity contribution in [3.63, 3.8) is 0 Å². The molecule has 0 aliphatic heterocycles. The summed E-state index contributed by atoms with van der Waals surface area (Å²) in [7, 11) is 0. The molecule has 1 atom stereocenters. The SMILES string of the molecule is CC(CNCc1ccco1)OCC(F)(F)F. The first-order chi connectivity index (χ1) is 7.47. The predicted molar refractivity (Wildman–Crippen MR) is 51.9 cm³/mol. The normalized spacial score (nSPS) is 14.0. The Morgan fingerprint density at radius 2 is 2.25 bits per heavy atom. The number of hydrogen-bond donors (Lipinski definition) is 1. The third kappa shape index (κ3) is 5.77. The predicted octanol–water partition coefficient (Wildman–Crippen LogP) is 2.34. The Hall–Kier alpha value is -1.01. The molecule has 0 bridgehead atoms. The van der Waals surface area contributed by atoms with Crippen LogP contribution in [0.3, 0.4) is 0 Å². The second kappa shape index (κ2) is 5.91. The van der Waals surface area contributed by atoms with E-state index in [2.05, 4.69) is 10.1 Å². The molecule has 1 rings (SSSR count). The summed E-state index contributed by atoms with van der Waals surface area (Å²) in [5, 5.41) is 2.94. The molecular weight excluding hydrogens is 223 g/mol. The second-order valence-electron chi connectivity index (χ2n) is 3.45. The lowest BCUT2D eigenvalue weighted by Gasteiger charge is -2.14. The molecule has 0 aliphatic carbocycles. The third-order valence-corrected chi connectivity index (χ3v) is 1.84. The summed E-state index contributed by atoms with van der Waals surface area (Å²) in [5.74, 6) is 0.739. The number of rotatable bonds is 6. The zero-order chi connectivity index (χ0) is 12.0. The van der Waals surface area contributed by atoms with E-state index < -0.39 is 18.9 Å². The molecule has 16 heavy (non-hydrogen) atoms. The van der Waals surface area contributed by atoms with Gasteiger partial charge < -0.3 is 14.5 Å². The monoisotopic (exact) mass is 237 g/mol. The molecule has 1 unspecified atom stereocenters. The van der Waals surface area contributed by atoms with Crippen molar-refractivity contribution in [2.24, 2.45) is 0 Å². The van der Waals surface area contributed by atoms with Crippen molar-refractivity contribution < 1.29 is 22.3 Å². The van der Waals surface area contributed by atoms with Gasteiger partial charge in [-0.2, -0.15) is 13.2 Å². The van der Waals surface area contributed by atoms with Crippen LogP contribution in [0.25, 0.3) is 0 Å². The van der Waals surface area contributed by atoms with Crippen LogP contribution < -0.4 is 5.32 Å². The Balaban J connectivity index is 2.09. The van der Waals surface area contributed by atoms with Gasteiger partial charge in [0.2, 0.25) is 0 Å². The van der Waals surface area contributed by atoms with Crippen LogP contribution in [0.15, 0.2) is 22.8 Å². The Bertz CT molecular complexity index is 285. The molecular formula is C10H14F3NO2. The van der Waals surface area contributed by atoms with Crippen LogP contribution in [0.4, 0.5) is 13.2 Å². The highest BCUT2D eigenvalue weighted by molar-refractivity contribution is 4.97. The minimum absolute atomic E-state index is 0.344. The van der Waals surface area contributed by atoms with Crippen LogP contribution in [0.5, 0.6) is 0 Å². The number of halogens is 3. The number of alkyl halides is 3. The number of ether oxygens (including phenoxy) is 1. The van der Waals surface area contributed by atoms with Gasteiger partial charge in [0.15, 0.2) is 0 Å². The van der Waals surface area contributed by atoms with Crippen molar-refractivity contribution in [1.29, 1.82) is 0 Å². The van der Waals surface area contributed by atoms with Crippen molar-refractivity contribution >= 4 is 0 Å². The standard InChI is InChI=1S/C10H14F3NO2/c1-8(16-7-10(11,12)13)5-14-6-9-3-2-4-15-9/h2-4,8,14H,5-7H2,1H3. The topological polar surface area (TPSA) is 34.4 Å². The van der Waals surface area contributed by atoms with E-state index in [9.17, 15) is 13.2 Å². The lowest BCUT2D eigenvalue weighted by Crippen LogP contribution is -2.30. The molecule has 92 valence electrons. The van der Waals surface area contributed by atoms with E-state index in [1.54, 1.807) is 25.3 Å². The van der Waals surface area contributed by atoms with Gasteiger partial charge in [-0.1, -0.05) is 0 Å². The maximum absolute atomic E-state index is 11.8. The Morgan fingerprint density at radius 3 is 2.81 bits per heavy atom. The van der Waals surface area contributed by atoms with Crippen molar-refractivity contribution in [2.45, 2.75) is 25.7 Å². The average molecular weight is 237 g/mol. The fourth-order valence-electron chi connectivity index (χ4n) is 1.11. The zero-order valence-corrected chi connectivity index (χ0v) is 8.88. The van der Waals surface area contributed by atoms with E-state index in [0.717, 1.165) is 5.76 Å². The van der Waals surface area contributed by atoms with Gasteiger partial charge in [0.1, 0.15) is 12.4 Å². The van der Waals surface area contributed by atoms with Gasteiger partial charge in [0.25, 0.3) is 0 Å². The quantitative estimate of drug-likeness (QED) is 0.824. The van der Waals surface area contributed by atoms with Crippen molar-refractivity contribution in [3.8, 4) is 0 Å². The van der Waals surface area contributed by atoms with Gasteiger partial charge in [0.05, 0.1) is 18.9 Å². The molecule has 1 heterocycles. The summed E-state index contributed by atoms with van der Waals surface area (Å²) in [6, 6.07) is 3.54. The fraction of sp³-hybridized carbons (Fsp3) is 0.600. The molecule has 3 nitrogen and oxygen atoms in total. The minimum Gasteiger partial charge on any atom is -0.468 e. The molecule has 0 spiro atoms. The summed E-state index contributed by atoms with van der Waals surface area (Å²) < 4.78 is 45.1. The molecule has 0 aliphatic rings. The van der Waals surface area contributed by atoms with Gasteiger partial charge in [0, 0.05) is 6.54 Å². The zero-order valence-electron chi connectivity index (χ0n) is 8.88. The molecule has 0 aromatic carbocycles. The van der Waals surface area contributed by atoms with E-state index in [1.807, 2.05) is 0 Å². The maximum Gasteiger partial charge on any atom is 0.411 e. The Kier molecular flexibility index (Phi) is 4.82. The van der Waals surface area contributed by atoms with Crippen LogP contribution in [0, 0.1) is 0 Å². The van der Waals surface area contributed by atoms with Gasteiger partial charge in [-0.25, -0.2) is 0 Å². The van der Waals surface area contributed by atoms with E-state index in [4.69, 9.17) is 4.42 Å². The molecule has 1 aromatic rings. The highest BCUT2D eigenvalue weighted by atomic mass is 19.4. The summed E-state index contributed by atoms with van der Waals surface area (Å²) in [5.41, 5.74) is 0.